The Morgan fingerprint density at radius 3 is 2.53 bits per heavy atom. The first-order valence-electron chi connectivity index (χ1n) is 5.98. The van der Waals surface area contributed by atoms with Gasteiger partial charge in [-0.15, -0.1) is 0 Å². The zero-order valence-corrected chi connectivity index (χ0v) is 10.6. The second-order valence-corrected chi connectivity index (χ2v) is 5.78. The molecular formula is C12H26N2O. The summed E-state index contributed by atoms with van der Waals surface area (Å²) in [6, 6.07) is 0.226. The third-order valence-electron chi connectivity index (χ3n) is 3.60. The molecule has 3 nitrogen and oxygen atoms in total. The quantitative estimate of drug-likeness (QED) is 0.731. The molecule has 0 aromatic rings. The minimum atomic E-state index is 0.226. The average Bonchev–Trinajstić information content (AvgIpc) is 2.61. The Morgan fingerprint density at radius 2 is 2.13 bits per heavy atom. The van der Waals surface area contributed by atoms with Crippen LogP contribution in [0.5, 0.6) is 0 Å². The highest BCUT2D eigenvalue weighted by Crippen LogP contribution is 2.33. The number of aliphatic hydroxyl groups is 1. The summed E-state index contributed by atoms with van der Waals surface area (Å²) in [5.41, 5.74) is 0.420. The van der Waals surface area contributed by atoms with Crippen molar-refractivity contribution in [2.75, 3.05) is 33.3 Å². The molecule has 0 bridgehead atoms. The van der Waals surface area contributed by atoms with Crippen LogP contribution in [0.25, 0.3) is 0 Å². The molecule has 0 aromatic heterocycles. The van der Waals surface area contributed by atoms with Crippen molar-refractivity contribution >= 4 is 0 Å². The van der Waals surface area contributed by atoms with Crippen molar-refractivity contribution in [3.8, 4) is 0 Å². The van der Waals surface area contributed by atoms with Gasteiger partial charge in [-0.3, -0.25) is 0 Å². The van der Waals surface area contributed by atoms with Crippen molar-refractivity contribution < 1.29 is 5.11 Å². The molecule has 1 saturated heterocycles. The lowest BCUT2D eigenvalue weighted by molar-refractivity contribution is 0.186. The second-order valence-electron chi connectivity index (χ2n) is 5.78. The zero-order valence-electron chi connectivity index (χ0n) is 10.6. The van der Waals surface area contributed by atoms with E-state index in [2.05, 4.69) is 31.0 Å². The molecule has 1 aliphatic heterocycles. The summed E-state index contributed by atoms with van der Waals surface area (Å²) in [6.45, 7) is 10.5. The van der Waals surface area contributed by atoms with Crippen LogP contribution in [0, 0.1) is 11.3 Å². The van der Waals surface area contributed by atoms with E-state index in [1.807, 2.05) is 7.05 Å². The number of likely N-dealkylation sites (tertiary alicyclic amines) is 1. The lowest BCUT2D eigenvalue weighted by Gasteiger charge is -2.28. The maximum Gasteiger partial charge on any atom is 0.0597 e. The molecule has 2 unspecified atom stereocenters. The van der Waals surface area contributed by atoms with Gasteiger partial charge in [0.15, 0.2) is 0 Å². The smallest absolute Gasteiger partial charge is 0.0597 e. The lowest BCUT2D eigenvalue weighted by atomic mass is 9.80. The number of likely N-dealkylation sites (N-methyl/N-ethyl adjacent to an activating group) is 1. The first-order chi connectivity index (χ1) is 6.97. The van der Waals surface area contributed by atoms with Gasteiger partial charge in [0, 0.05) is 19.1 Å². The van der Waals surface area contributed by atoms with E-state index in [9.17, 15) is 0 Å². The molecule has 1 heterocycles. The van der Waals surface area contributed by atoms with E-state index >= 15 is 0 Å². The second kappa shape index (κ2) is 5.28. The van der Waals surface area contributed by atoms with E-state index < -0.39 is 0 Å². The molecule has 0 spiro atoms. The summed E-state index contributed by atoms with van der Waals surface area (Å²) < 4.78 is 0. The maximum absolute atomic E-state index is 9.12. The number of hydrogen-bond donors (Lipinski definition) is 2. The molecule has 0 aromatic carbocycles. The molecule has 1 rings (SSSR count). The predicted octanol–water partition coefficient (Wildman–Crippen LogP) is 0.935. The Bertz CT molecular complexity index is 185. The third-order valence-corrected chi connectivity index (χ3v) is 3.60. The summed E-state index contributed by atoms with van der Waals surface area (Å²) in [4.78, 5) is 2.47. The Morgan fingerprint density at radius 1 is 1.47 bits per heavy atom. The molecule has 1 aliphatic rings. The molecule has 3 heteroatoms. The van der Waals surface area contributed by atoms with Gasteiger partial charge in [-0.1, -0.05) is 20.8 Å². The van der Waals surface area contributed by atoms with Crippen LogP contribution >= 0.6 is 0 Å². The largest absolute Gasteiger partial charge is 0.395 e. The van der Waals surface area contributed by atoms with Gasteiger partial charge in [-0.05, 0) is 31.3 Å². The van der Waals surface area contributed by atoms with Crippen molar-refractivity contribution in [3.63, 3.8) is 0 Å². The van der Waals surface area contributed by atoms with E-state index in [0.717, 1.165) is 12.5 Å². The standard InChI is InChI=1S/C12H26N2O/c1-12(2,3)10-5-6-14(7-10)8-11(9-15)13-4/h10-11,13,15H,5-9H2,1-4H3. The van der Waals surface area contributed by atoms with Crippen molar-refractivity contribution in [2.24, 2.45) is 11.3 Å². The van der Waals surface area contributed by atoms with Gasteiger partial charge in [0.25, 0.3) is 0 Å². The minimum absolute atomic E-state index is 0.226. The number of aliphatic hydroxyl groups excluding tert-OH is 1. The fourth-order valence-electron chi connectivity index (χ4n) is 2.26. The molecule has 90 valence electrons. The molecular weight excluding hydrogens is 188 g/mol. The summed E-state index contributed by atoms with van der Waals surface area (Å²) in [5.74, 6) is 0.800. The number of rotatable bonds is 4. The van der Waals surface area contributed by atoms with Crippen molar-refractivity contribution in [1.29, 1.82) is 0 Å². The van der Waals surface area contributed by atoms with Crippen LogP contribution in [0.4, 0.5) is 0 Å². The van der Waals surface area contributed by atoms with Gasteiger partial charge in [0.2, 0.25) is 0 Å². The fraction of sp³-hybridized carbons (Fsp3) is 1.00. The summed E-state index contributed by atoms with van der Waals surface area (Å²) in [7, 11) is 1.91. The van der Waals surface area contributed by atoms with Gasteiger partial charge < -0.3 is 15.3 Å². The van der Waals surface area contributed by atoms with E-state index in [-0.39, 0.29) is 12.6 Å². The van der Waals surface area contributed by atoms with Crippen LogP contribution in [0.2, 0.25) is 0 Å². The third kappa shape index (κ3) is 3.74. The van der Waals surface area contributed by atoms with Crippen molar-refractivity contribution in [3.05, 3.63) is 0 Å². The van der Waals surface area contributed by atoms with E-state index in [1.165, 1.54) is 19.5 Å². The van der Waals surface area contributed by atoms with Gasteiger partial charge in [0.1, 0.15) is 0 Å². The van der Waals surface area contributed by atoms with Crippen LogP contribution in [-0.4, -0.2) is 49.3 Å². The molecule has 0 amide bonds. The summed E-state index contributed by atoms with van der Waals surface area (Å²) in [5, 5.41) is 12.3. The van der Waals surface area contributed by atoms with Gasteiger partial charge in [0.05, 0.1) is 6.61 Å². The minimum Gasteiger partial charge on any atom is -0.395 e. The summed E-state index contributed by atoms with van der Waals surface area (Å²) in [6.07, 6.45) is 1.30. The zero-order chi connectivity index (χ0) is 11.5. The molecule has 2 N–H and O–H groups in total. The van der Waals surface area contributed by atoms with Gasteiger partial charge in [-0.2, -0.15) is 0 Å². The van der Waals surface area contributed by atoms with Crippen LogP contribution in [0.15, 0.2) is 0 Å². The van der Waals surface area contributed by atoms with E-state index in [1.54, 1.807) is 0 Å². The van der Waals surface area contributed by atoms with E-state index in [0.29, 0.717) is 5.41 Å². The van der Waals surface area contributed by atoms with Gasteiger partial charge >= 0.3 is 0 Å². The monoisotopic (exact) mass is 214 g/mol. The Kier molecular flexibility index (Phi) is 4.56. The highest BCUT2D eigenvalue weighted by Gasteiger charge is 2.32. The SMILES string of the molecule is CNC(CO)CN1CCC(C(C)(C)C)C1. The normalized spacial score (nSPS) is 25.8. The molecule has 0 radical (unpaired) electrons. The first kappa shape index (κ1) is 12.9. The highest BCUT2D eigenvalue weighted by atomic mass is 16.3. The Labute approximate surface area is 93.9 Å². The van der Waals surface area contributed by atoms with E-state index in [4.69, 9.17) is 5.11 Å². The van der Waals surface area contributed by atoms with Crippen LogP contribution in [0.3, 0.4) is 0 Å². The number of nitrogens with one attached hydrogen (secondary N) is 1. The molecule has 0 saturated carbocycles. The molecule has 15 heavy (non-hydrogen) atoms. The number of nitrogens with zero attached hydrogens (tertiary/aromatic N) is 1. The Hall–Kier alpha value is -0.120. The fourth-order valence-corrected chi connectivity index (χ4v) is 2.26. The lowest BCUT2D eigenvalue weighted by Crippen LogP contribution is -2.41. The predicted molar refractivity (Wildman–Crippen MR) is 63.9 cm³/mol. The van der Waals surface area contributed by atoms with Gasteiger partial charge in [-0.25, -0.2) is 0 Å². The topological polar surface area (TPSA) is 35.5 Å². The van der Waals surface area contributed by atoms with Crippen molar-refractivity contribution in [1.82, 2.24) is 10.2 Å². The summed E-state index contributed by atoms with van der Waals surface area (Å²) >= 11 is 0. The van der Waals surface area contributed by atoms with Crippen molar-refractivity contribution in [2.45, 2.75) is 33.2 Å². The average molecular weight is 214 g/mol. The molecule has 2 atom stereocenters. The molecule has 1 fully saturated rings. The first-order valence-corrected chi connectivity index (χ1v) is 5.98. The van der Waals surface area contributed by atoms with Crippen LogP contribution in [0.1, 0.15) is 27.2 Å². The number of hydrogen-bond acceptors (Lipinski definition) is 3. The Balaban J connectivity index is 2.36. The van der Waals surface area contributed by atoms with Crippen LogP contribution < -0.4 is 5.32 Å². The molecule has 0 aliphatic carbocycles. The highest BCUT2D eigenvalue weighted by molar-refractivity contribution is 4.85. The van der Waals surface area contributed by atoms with Crippen LogP contribution in [-0.2, 0) is 0 Å². The maximum atomic E-state index is 9.12.